The molecule has 0 aromatic heterocycles. The van der Waals surface area contributed by atoms with Crippen LogP contribution in [0.25, 0.3) is 33.0 Å². The maximum atomic E-state index is 7.00. The van der Waals surface area contributed by atoms with Crippen molar-refractivity contribution in [2.24, 2.45) is 0 Å². The van der Waals surface area contributed by atoms with E-state index >= 15 is 0 Å². The fraction of sp³-hybridized carbons (Fsp3) is 0.0833. The summed E-state index contributed by atoms with van der Waals surface area (Å²) in [5.41, 5.74) is 8.11. The van der Waals surface area contributed by atoms with Crippen molar-refractivity contribution in [2.45, 2.75) is 6.42 Å². The van der Waals surface area contributed by atoms with Gasteiger partial charge in [0, 0.05) is 7.11 Å². The Morgan fingerprint density at radius 2 is 1.32 bits per heavy atom. The van der Waals surface area contributed by atoms with Crippen LogP contribution in [0, 0.1) is 6.07 Å². The largest absolute Gasteiger partial charge is 3.00 e. The van der Waals surface area contributed by atoms with Gasteiger partial charge in [-0.3, -0.25) is 0 Å². The van der Waals surface area contributed by atoms with Crippen molar-refractivity contribution in [3.05, 3.63) is 96.1 Å². The predicted molar refractivity (Wildman–Crippen MR) is 105 cm³/mol. The topological polar surface area (TPSA) is 20.2 Å². The Morgan fingerprint density at radius 1 is 0.679 bits per heavy atom. The molecule has 1 N–H and O–H groups in total. The van der Waals surface area contributed by atoms with E-state index in [1.165, 1.54) is 44.2 Å². The molecule has 1 aliphatic rings. The van der Waals surface area contributed by atoms with Crippen LogP contribution < -0.4 is 24.8 Å². The molecule has 4 aromatic rings. The number of aliphatic hydroxyl groups excluding tert-OH is 1. The van der Waals surface area contributed by atoms with Gasteiger partial charge in [-0.1, -0.05) is 77.2 Å². The van der Waals surface area contributed by atoms with E-state index in [9.17, 15) is 0 Å². The van der Waals surface area contributed by atoms with Crippen molar-refractivity contribution in [1.82, 2.24) is 0 Å². The Balaban J connectivity index is 0.000000761. The van der Waals surface area contributed by atoms with Crippen LogP contribution in [0.1, 0.15) is 11.1 Å². The average molecular weight is 442 g/mol. The summed E-state index contributed by atoms with van der Waals surface area (Å²) >= 11 is 0. The first kappa shape index (κ1) is 24.4. The number of halogens is 2. The maximum absolute atomic E-state index is 7.00. The number of fused-ring (bicyclic) bond motifs is 4. The first-order valence-corrected chi connectivity index (χ1v) is 8.46. The Hall–Kier alpha value is -1.61. The molecule has 0 bridgehead atoms. The van der Waals surface area contributed by atoms with Crippen molar-refractivity contribution < 1.29 is 51.6 Å². The molecule has 1 aliphatic carbocycles. The Kier molecular flexibility index (Phi) is 9.43. The fourth-order valence-electron chi connectivity index (χ4n) is 3.68. The van der Waals surface area contributed by atoms with Gasteiger partial charge in [0.2, 0.25) is 0 Å². The number of rotatable bonds is 1. The molecule has 139 valence electrons. The molecule has 4 heteroatoms. The van der Waals surface area contributed by atoms with Crippen molar-refractivity contribution in [3.63, 3.8) is 0 Å². The van der Waals surface area contributed by atoms with Crippen LogP contribution in [0.4, 0.5) is 0 Å². The fourth-order valence-corrected chi connectivity index (χ4v) is 3.68. The van der Waals surface area contributed by atoms with Gasteiger partial charge in [-0.05, 0) is 23.1 Å². The van der Waals surface area contributed by atoms with E-state index in [2.05, 4.69) is 84.9 Å². The molecular formula is C24H19Cl2OTi. The van der Waals surface area contributed by atoms with Crippen molar-refractivity contribution in [2.75, 3.05) is 7.11 Å². The number of hydrogen-bond donors (Lipinski definition) is 1. The van der Waals surface area contributed by atoms with Gasteiger partial charge in [0.05, 0.1) is 0 Å². The Morgan fingerprint density at radius 3 is 2.14 bits per heavy atom. The normalized spacial score (nSPS) is 10.2. The molecule has 0 aliphatic heterocycles. The van der Waals surface area contributed by atoms with E-state index in [0.29, 0.717) is 0 Å². The minimum absolute atomic E-state index is 0. The van der Waals surface area contributed by atoms with Gasteiger partial charge < -0.3 is 29.9 Å². The van der Waals surface area contributed by atoms with Crippen LogP contribution in [0.3, 0.4) is 0 Å². The molecule has 0 fully saturated rings. The molecule has 28 heavy (non-hydrogen) atoms. The molecular weight excluding hydrogens is 423 g/mol. The minimum Gasteiger partial charge on any atom is -1.00 e. The summed E-state index contributed by atoms with van der Waals surface area (Å²) in [6.45, 7) is 0. The van der Waals surface area contributed by atoms with Crippen LogP contribution in [-0.4, -0.2) is 12.2 Å². The first-order chi connectivity index (χ1) is 12.4. The number of benzene rings is 4. The Labute approximate surface area is 193 Å². The zero-order valence-corrected chi connectivity index (χ0v) is 18.5. The zero-order chi connectivity index (χ0) is 17.2. The molecule has 1 nitrogen and oxygen atoms in total. The van der Waals surface area contributed by atoms with Crippen molar-refractivity contribution in [3.8, 4) is 22.3 Å². The second-order valence-corrected chi connectivity index (χ2v) is 6.12. The van der Waals surface area contributed by atoms with Crippen LogP contribution in [0.5, 0.6) is 0 Å². The predicted octanol–water partition coefficient (Wildman–Crippen LogP) is -0.508. The average Bonchev–Trinajstić information content (AvgIpc) is 3.08. The van der Waals surface area contributed by atoms with Crippen LogP contribution >= 0.6 is 0 Å². The number of aliphatic hydroxyl groups is 1. The third-order valence-electron chi connectivity index (χ3n) is 4.80. The van der Waals surface area contributed by atoms with Gasteiger partial charge in [-0.2, -0.15) is 0 Å². The molecule has 0 unspecified atom stereocenters. The van der Waals surface area contributed by atoms with Crippen molar-refractivity contribution in [1.29, 1.82) is 0 Å². The second kappa shape index (κ2) is 10.8. The summed E-state index contributed by atoms with van der Waals surface area (Å²) in [4.78, 5) is 0. The molecule has 0 atom stereocenters. The summed E-state index contributed by atoms with van der Waals surface area (Å²) in [5.74, 6) is 0. The third-order valence-corrected chi connectivity index (χ3v) is 4.80. The van der Waals surface area contributed by atoms with Crippen LogP contribution in [0.15, 0.2) is 78.9 Å². The molecule has 0 saturated carbocycles. The van der Waals surface area contributed by atoms with Gasteiger partial charge in [-0.15, -0.1) is 35.2 Å². The van der Waals surface area contributed by atoms with E-state index in [1.807, 2.05) is 0 Å². The first-order valence-electron chi connectivity index (χ1n) is 8.46. The standard InChI is InChI=1S/C23H15.CH4O.2ClH.Ti/c1-2-7-17-14-19(13-12-16(17)6-1)21-10-5-11-22-20-9-4-3-8-18(20)15-23(21)22;1-2;;;/h1-13H,15H2;2H,1H3;2*1H;/q-1;;;;+3/p-2. The summed E-state index contributed by atoms with van der Waals surface area (Å²) in [7, 11) is 1.00. The van der Waals surface area contributed by atoms with Gasteiger partial charge in [-0.25, -0.2) is 0 Å². The van der Waals surface area contributed by atoms with Gasteiger partial charge in [0.15, 0.2) is 0 Å². The molecule has 4 aromatic carbocycles. The summed E-state index contributed by atoms with van der Waals surface area (Å²) < 4.78 is 0. The molecule has 0 heterocycles. The number of hydrogen-bond acceptors (Lipinski definition) is 1. The van der Waals surface area contributed by atoms with E-state index in [4.69, 9.17) is 5.11 Å². The van der Waals surface area contributed by atoms with Crippen LogP contribution in [0.2, 0.25) is 0 Å². The second-order valence-electron chi connectivity index (χ2n) is 6.12. The Bertz CT molecular complexity index is 1060. The quantitative estimate of drug-likeness (QED) is 0.274. The smallest absolute Gasteiger partial charge is 1.00 e. The van der Waals surface area contributed by atoms with E-state index in [0.717, 1.165) is 13.5 Å². The summed E-state index contributed by atoms with van der Waals surface area (Å²) in [6, 6.07) is 31.8. The van der Waals surface area contributed by atoms with Gasteiger partial charge in [0.25, 0.3) is 0 Å². The summed E-state index contributed by atoms with van der Waals surface area (Å²) in [5, 5.41) is 9.42. The maximum Gasteiger partial charge on any atom is 3.00 e. The van der Waals surface area contributed by atoms with E-state index < -0.39 is 0 Å². The molecule has 5 rings (SSSR count). The third kappa shape index (κ3) is 4.35. The zero-order valence-electron chi connectivity index (χ0n) is 15.4. The molecule has 0 saturated heterocycles. The SMILES string of the molecule is CO.[Cl-].[Cl-].[Ti+3].[c-]1c(-c2cccc3c2Cc2ccccc2-3)ccc2ccccc12. The van der Waals surface area contributed by atoms with E-state index in [-0.39, 0.29) is 46.5 Å². The van der Waals surface area contributed by atoms with Gasteiger partial charge >= 0.3 is 21.7 Å². The summed E-state index contributed by atoms with van der Waals surface area (Å²) in [6.07, 6.45) is 1.02. The minimum atomic E-state index is 0. The molecule has 0 amide bonds. The van der Waals surface area contributed by atoms with Crippen LogP contribution in [-0.2, 0) is 28.1 Å². The molecule has 0 spiro atoms. The van der Waals surface area contributed by atoms with E-state index in [1.54, 1.807) is 0 Å². The molecule has 1 radical (unpaired) electrons. The van der Waals surface area contributed by atoms with Gasteiger partial charge in [0.1, 0.15) is 0 Å². The van der Waals surface area contributed by atoms with Crippen molar-refractivity contribution >= 4 is 10.8 Å². The monoisotopic (exact) mass is 441 g/mol.